The monoisotopic (exact) mass is 263 g/mol. The summed E-state index contributed by atoms with van der Waals surface area (Å²) in [7, 11) is 0. The van der Waals surface area contributed by atoms with Gasteiger partial charge >= 0.3 is 0 Å². The summed E-state index contributed by atoms with van der Waals surface area (Å²) in [5.41, 5.74) is -0.420. The lowest BCUT2D eigenvalue weighted by molar-refractivity contribution is -0.182. The smallest absolute Gasteiger partial charge is 0.223 e. The zero-order valence-electron chi connectivity index (χ0n) is 11.7. The van der Waals surface area contributed by atoms with E-state index in [9.17, 15) is 9.90 Å². The second kappa shape index (κ2) is 3.97. The average molecular weight is 263 g/mol. The lowest BCUT2D eigenvalue weighted by Crippen LogP contribution is -2.66. The SMILES string of the molecule is O=C1CCCCCN1C12CC3CC(CC(O)(C3)C1)C2. The fraction of sp³-hybridized carbons (Fsp3) is 0.938. The van der Waals surface area contributed by atoms with Crippen molar-refractivity contribution in [2.45, 2.75) is 75.3 Å². The van der Waals surface area contributed by atoms with Gasteiger partial charge in [-0.3, -0.25) is 4.79 Å². The van der Waals surface area contributed by atoms with Crippen LogP contribution in [0.25, 0.3) is 0 Å². The Morgan fingerprint density at radius 2 is 1.79 bits per heavy atom. The predicted octanol–water partition coefficient (Wildman–Crippen LogP) is 2.47. The van der Waals surface area contributed by atoms with E-state index in [0.717, 1.165) is 57.9 Å². The van der Waals surface area contributed by atoms with Crippen LogP contribution in [0.3, 0.4) is 0 Å². The molecule has 19 heavy (non-hydrogen) atoms. The van der Waals surface area contributed by atoms with Gasteiger partial charge in [-0.1, -0.05) is 6.42 Å². The summed E-state index contributed by atoms with van der Waals surface area (Å²) in [4.78, 5) is 14.7. The molecular weight excluding hydrogens is 238 g/mol. The van der Waals surface area contributed by atoms with Crippen LogP contribution in [0.15, 0.2) is 0 Å². The van der Waals surface area contributed by atoms with E-state index in [1.807, 2.05) is 0 Å². The Bertz CT molecular complexity index is 392. The molecule has 0 spiro atoms. The molecule has 3 heteroatoms. The highest BCUT2D eigenvalue weighted by molar-refractivity contribution is 5.77. The second-order valence-corrected chi connectivity index (χ2v) is 7.77. The van der Waals surface area contributed by atoms with Gasteiger partial charge in [0.25, 0.3) is 0 Å². The van der Waals surface area contributed by atoms with Crippen molar-refractivity contribution in [2.24, 2.45) is 11.8 Å². The Morgan fingerprint density at radius 3 is 2.47 bits per heavy atom. The molecule has 5 rings (SSSR count). The molecule has 1 saturated heterocycles. The molecule has 1 aliphatic heterocycles. The van der Waals surface area contributed by atoms with Crippen molar-refractivity contribution in [3.8, 4) is 0 Å². The molecule has 0 aromatic rings. The molecule has 0 radical (unpaired) electrons. The maximum Gasteiger partial charge on any atom is 0.223 e. The summed E-state index contributed by atoms with van der Waals surface area (Å²) in [6, 6.07) is 0. The van der Waals surface area contributed by atoms with Crippen LogP contribution in [0, 0.1) is 11.8 Å². The van der Waals surface area contributed by atoms with Gasteiger partial charge in [0.05, 0.1) is 5.60 Å². The third-order valence-electron chi connectivity index (χ3n) is 6.15. The molecule has 2 unspecified atom stereocenters. The molecule has 106 valence electrons. The summed E-state index contributed by atoms with van der Waals surface area (Å²) in [5.74, 6) is 1.70. The van der Waals surface area contributed by atoms with Crippen LogP contribution in [-0.2, 0) is 4.79 Å². The van der Waals surface area contributed by atoms with Crippen molar-refractivity contribution in [2.75, 3.05) is 6.54 Å². The van der Waals surface area contributed by atoms with Crippen LogP contribution in [0.2, 0.25) is 0 Å². The first-order valence-corrected chi connectivity index (χ1v) is 8.12. The van der Waals surface area contributed by atoms with E-state index in [0.29, 0.717) is 17.7 Å². The van der Waals surface area contributed by atoms with E-state index in [-0.39, 0.29) is 5.54 Å². The molecule has 1 N–H and O–H groups in total. The maximum atomic E-state index is 12.5. The van der Waals surface area contributed by atoms with Crippen molar-refractivity contribution in [3.05, 3.63) is 0 Å². The van der Waals surface area contributed by atoms with E-state index in [1.165, 1.54) is 12.8 Å². The molecule has 4 bridgehead atoms. The van der Waals surface area contributed by atoms with E-state index in [2.05, 4.69) is 4.90 Å². The summed E-state index contributed by atoms with van der Waals surface area (Å²) in [6.07, 6.45) is 10.6. The zero-order chi connectivity index (χ0) is 13.1. The number of nitrogens with zero attached hydrogens (tertiary/aromatic N) is 1. The second-order valence-electron chi connectivity index (χ2n) is 7.77. The Kier molecular flexibility index (Phi) is 2.55. The minimum absolute atomic E-state index is 0.0280. The summed E-state index contributed by atoms with van der Waals surface area (Å²) >= 11 is 0. The van der Waals surface area contributed by atoms with Crippen molar-refractivity contribution >= 4 is 5.91 Å². The number of likely N-dealkylation sites (tertiary alicyclic amines) is 1. The van der Waals surface area contributed by atoms with Crippen molar-refractivity contribution in [1.82, 2.24) is 4.90 Å². The number of aliphatic hydroxyl groups is 1. The van der Waals surface area contributed by atoms with Crippen molar-refractivity contribution < 1.29 is 9.90 Å². The summed E-state index contributed by atoms with van der Waals surface area (Å²) < 4.78 is 0. The molecule has 1 amide bonds. The van der Waals surface area contributed by atoms with Crippen LogP contribution in [0.5, 0.6) is 0 Å². The lowest BCUT2D eigenvalue weighted by atomic mass is 9.50. The fourth-order valence-electron chi connectivity index (χ4n) is 5.97. The first-order valence-electron chi connectivity index (χ1n) is 8.12. The molecule has 5 fully saturated rings. The number of rotatable bonds is 1. The lowest BCUT2D eigenvalue weighted by Gasteiger charge is -2.63. The van der Waals surface area contributed by atoms with Crippen LogP contribution in [0.1, 0.15) is 64.2 Å². The van der Waals surface area contributed by atoms with Crippen LogP contribution >= 0.6 is 0 Å². The highest BCUT2D eigenvalue weighted by Crippen LogP contribution is 2.59. The quantitative estimate of drug-likeness (QED) is 0.789. The Balaban J connectivity index is 1.67. The Hall–Kier alpha value is -0.570. The molecule has 5 aliphatic rings. The van der Waals surface area contributed by atoms with E-state index in [1.54, 1.807) is 0 Å². The van der Waals surface area contributed by atoms with Gasteiger partial charge in [0, 0.05) is 18.5 Å². The van der Waals surface area contributed by atoms with Crippen molar-refractivity contribution in [1.29, 1.82) is 0 Å². The Labute approximate surface area is 115 Å². The van der Waals surface area contributed by atoms with Crippen LogP contribution < -0.4 is 0 Å². The third-order valence-corrected chi connectivity index (χ3v) is 6.15. The van der Waals surface area contributed by atoms with E-state index >= 15 is 0 Å². The maximum absolute atomic E-state index is 12.5. The summed E-state index contributed by atoms with van der Waals surface area (Å²) in [5, 5.41) is 10.8. The van der Waals surface area contributed by atoms with Gasteiger partial charge in [-0.25, -0.2) is 0 Å². The van der Waals surface area contributed by atoms with E-state index in [4.69, 9.17) is 0 Å². The fourth-order valence-corrected chi connectivity index (χ4v) is 5.97. The largest absolute Gasteiger partial charge is 0.390 e. The predicted molar refractivity (Wildman–Crippen MR) is 72.5 cm³/mol. The van der Waals surface area contributed by atoms with Gasteiger partial charge in [-0.2, -0.15) is 0 Å². The molecule has 4 saturated carbocycles. The minimum atomic E-state index is -0.448. The van der Waals surface area contributed by atoms with Gasteiger partial charge < -0.3 is 10.0 Å². The van der Waals surface area contributed by atoms with E-state index < -0.39 is 5.60 Å². The first kappa shape index (κ1) is 12.2. The van der Waals surface area contributed by atoms with Gasteiger partial charge in [-0.05, 0) is 63.2 Å². The first-order chi connectivity index (χ1) is 9.09. The third kappa shape index (κ3) is 1.84. The minimum Gasteiger partial charge on any atom is -0.390 e. The number of hydrogen-bond donors (Lipinski definition) is 1. The average Bonchev–Trinajstić information content (AvgIpc) is 2.50. The molecule has 4 aliphatic carbocycles. The normalized spacial score (nSPS) is 49.5. The molecule has 2 atom stereocenters. The zero-order valence-corrected chi connectivity index (χ0v) is 11.7. The van der Waals surface area contributed by atoms with Crippen LogP contribution in [0.4, 0.5) is 0 Å². The number of carbonyl (C=O) groups excluding carboxylic acids is 1. The number of amides is 1. The van der Waals surface area contributed by atoms with Gasteiger partial charge in [0.2, 0.25) is 5.91 Å². The topological polar surface area (TPSA) is 40.5 Å². The van der Waals surface area contributed by atoms with Gasteiger partial charge in [0.1, 0.15) is 0 Å². The number of carbonyl (C=O) groups is 1. The summed E-state index contributed by atoms with van der Waals surface area (Å²) in [6.45, 7) is 0.939. The standard InChI is InChI=1S/C16H25NO2/c18-14-4-2-1-3-5-17(14)15-7-12-6-13(8-15)10-16(19,9-12)11-15/h12-13,19H,1-11H2. The molecular formula is C16H25NO2. The van der Waals surface area contributed by atoms with Gasteiger partial charge in [0.15, 0.2) is 0 Å². The molecule has 3 nitrogen and oxygen atoms in total. The Morgan fingerprint density at radius 1 is 1.05 bits per heavy atom. The van der Waals surface area contributed by atoms with Gasteiger partial charge in [-0.15, -0.1) is 0 Å². The molecule has 0 aromatic carbocycles. The highest BCUT2D eigenvalue weighted by atomic mass is 16.3. The highest BCUT2D eigenvalue weighted by Gasteiger charge is 2.59. The molecule has 0 aromatic heterocycles. The molecule has 1 heterocycles. The van der Waals surface area contributed by atoms with Crippen molar-refractivity contribution in [3.63, 3.8) is 0 Å². The van der Waals surface area contributed by atoms with Crippen LogP contribution in [-0.4, -0.2) is 33.6 Å². The number of hydrogen-bond acceptors (Lipinski definition) is 2.